The van der Waals surface area contributed by atoms with Crippen molar-refractivity contribution in [1.29, 1.82) is 0 Å². The number of thiophene rings is 1. The average molecular weight is 549 g/mol. The monoisotopic (exact) mass is 548 g/mol. The number of hydrogen-bond donors (Lipinski definition) is 0. The summed E-state index contributed by atoms with van der Waals surface area (Å²) in [4.78, 5) is 19.9. The van der Waals surface area contributed by atoms with E-state index in [9.17, 15) is 0 Å². The summed E-state index contributed by atoms with van der Waals surface area (Å²) in [6, 6.07) is 41.5. The Kier molecular flexibility index (Phi) is 5.47. The fraction of sp³-hybridized carbons (Fsp3) is 0. The van der Waals surface area contributed by atoms with E-state index in [1.807, 2.05) is 66.7 Å². The molecule has 0 unspecified atom stereocenters. The molecule has 0 atom stereocenters. The lowest BCUT2D eigenvalue weighted by atomic mass is 10.0. The number of rotatable bonds is 4. The van der Waals surface area contributed by atoms with Gasteiger partial charge in [-0.2, -0.15) is 0 Å². The molecular formula is C34H20N4S2. The normalized spacial score (nSPS) is 11.5. The van der Waals surface area contributed by atoms with Gasteiger partial charge in [-0.1, -0.05) is 103 Å². The predicted octanol–water partition coefficient (Wildman–Crippen LogP) is 9.52. The molecule has 6 heteroatoms. The Morgan fingerprint density at radius 1 is 0.425 bits per heavy atom. The molecule has 4 nitrogen and oxygen atoms in total. The third kappa shape index (κ3) is 3.97. The molecule has 0 radical (unpaired) electrons. The van der Waals surface area contributed by atoms with E-state index in [0.29, 0.717) is 17.5 Å². The van der Waals surface area contributed by atoms with Gasteiger partial charge in [0.05, 0.1) is 10.2 Å². The van der Waals surface area contributed by atoms with Crippen LogP contribution in [-0.4, -0.2) is 19.9 Å². The van der Waals surface area contributed by atoms with Gasteiger partial charge in [0.15, 0.2) is 17.5 Å². The molecule has 0 spiro atoms. The fourth-order valence-electron chi connectivity index (χ4n) is 5.07. The van der Waals surface area contributed by atoms with E-state index in [1.165, 1.54) is 19.5 Å². The molecule has 0 bridgehead atoms. The predicted molar refractivity (Wildman–Crippen MR) is 168 cm³/mol. The van der Waals surface area contributed by atoms with Gasteiger partial charge in [-0.25, -0.2) is 19.9 Å². The maximum Gasteiger partial charge on any atom is 0.164 e. The Morgan fingerprint density at radius 2 is 1.02 bits per heavy atom. The highest BCUT2D eigenvalue weighted by Crippen LogP contribution is 2.43. The zero-order valence-corrected chi connectivity index (χ0v) is 22.8. The van der Waals surface area contributed by atoms with Gasteiger partial charge in [0.25, 0.3) is 0 Å². The molecule has 0 saturated heterocycles. The Labute approximate surface area is 238 Å². The van der Waals surface area contributed by atoms with Crippen LogP contribution in [0.5, 0.6) is 0 Å². The number of nitrogens with zero attached hydrogens (tertiary/aromatic N) is 4. The lowest BCUT2D eigenvalue weighted by molar-refractivity contribution is 1.08. The molecule has 8 rings (SSSR count). The zero-order chi connectivity index (χ0) is 26.5. The summed E-state index contributed by atoms with van der Waals surface area (Å²) in [6.45, 7) is 0. The lowest BCUT2D eigenvalue weighted by Crippen LogP contribution is -2.00. The minimum absolute atomic E-state index is 0.662. The zero-order valence-electron chi connectivity index (χ0n) is 21.2. The van der Waals surface area contributed by atoms with Crippen LogP contribution in [0.1, 0.15) is 0 Å². The van der Waals surface area contributed by atoms with Crippen LogP contribution in [0, 0.1) is 0 Å². The van der Waals surface area contributed by atoms with E-state index >= 15 is 0 Å². The Balaban J connectivity index is 1.36. The molecule has 3 heterocycles. The highest BCUT2D eigenvalue weighted by Gasteiger charge is 2.18. The standard InChI is InChI=1S/C34H20N4S2/c1-4-11-21(12-5-1)31-36-32(22-13-6-2-7-14-22)38-33(37-31)24-17-10-18-27-30(24)25-19-26-29(20-28(25)39-27)40-34(35-26)23-15-8-3-9-16-23/h1-20H. The van der Waals surface area contributed by atoms with Crippen LogP contribution < -0.4 is 0 Å². The quantitative estimate of drug-likeness (QED) is 0.220. The SMILES string of the molecule is c1ccc(-c2nc(-c3ccccc3)nc(-c3cccc4sc5cc6sc(-c7ccccc7)nc6cc5c34)n2)cc1. The molecule has 0 N–H and O–H groups in total. The van der Waals surface area contributed by atoms with Gasteiger partial charge < -0.3 is 0 Å². The van der Waals surface area contributed by atoms with E-state index in [2.05, 4.69) is 54.6 Å². The van der Waals surface area contributed by atoms with Crippen molar-refractivity contribution in [1.82, 2.24) is 19.9 Å². The highest BCUT2D eigenvalue weighted by molar-refractivity contribution is 7.26. The van der Waals surface area contributed by atoms with Crippen LogP contribution in [-0.2, 0) is 0 Å². The number of aromatic nitrogens is 4. The maximum atomic E-state index is 5.01. The first-order valence-electron chi connectivity index (χ1n) is 13.0. The summed E-state index contributed by atoms with van der Waals surface area (Å²) in [6.07, 6.45) is 0. The second kappa shape index (κ2) is 9.45. The molecule has 0 saturated carbocycles. The Hall–Kier alpha value is -4.78. The second-order valence-electron chi connectivity index (χ2n) is 9.52. The minimum Gasteiger partial charge on any atom is -0.236 e. The molecule has 8 aromatic rings. The van der Waals surface area contributed by atoms with Gasteiger partial charge in [-0.05, 0) is 18.2 Å². The van der Waals surface area contributed by atoms with Gasteiger partial charge in [0.2, 0.25) is 0 Å². The van der Waals surface area contributed by atoms with Crippen LogP contribution in [0.15, 0.2) is 121 Å². The third-order valence-electron chi connectivity index (χ3n) is 6.97. The van der Waals surface area contributed by atoms with Crippen molar-refractivity contribution in [2.45, 2.75) is 0 Å². The van der Waals surface area contributed by atoms with Crippen LogP contribution in [0.25, 0.3) is 75.1 Å². The number of fused-ring (bicyclic) bond motifs is 4. The number of thiazole rings is 1. The van der Waals surface area contributed by atoms with E-state index in [-0.39, 0.29) is 0 Å². The molecule has 0 aliphatic rings. The molecule has 0 aliphatic carbocycles. The van der Waals surface area contributed by atoms with Crippen LogP contribution in [0.4, 0.5) is 0 Å². The summed E-state index contributed by atoms with van der Waals surface area (Å²) in [5.74, 6) is 1.99. The van der Waals surface area contributed by atoms with Gasteiger partial charge in [-0.3, -0.25) is 0 Å². The third-order valence-corrected chi connectivity index (χ3v) is 9.15. The van der Waals surface area contributed by atoms with Gasteiger partial charge in [0, 0.05) is 42.4 Å². The Morgan fingerprint density at radius 3 is 1.68 bits per heavy atom. The highest BCUT2D eigenvalue weighted by atomic mass is 32.1. The van der Waals surface area contributed by atoms with Gasteiger partial charge in [0.1, 0.15) is 5.01 Å². The molecule has 3 aromatic heterocycles. The van der Waals surface area contributed by atoms with Crippen LogP contribution >= 0.6 is 22.7 Å². The van der Waals surface area contributed by atoms with Crippen molar-refractivity contribution in [2.75, 3.05) is 0 Å². The molecular weight excluding hydrogens is 529 g/mol. The van der Waals surface area contributed by atoms with Gasteiger partial charge in [-0.15, -0.1) is 22.7 Å². The molecule has 40 heavy (non-hydrogen) atoms. The van der Waals surface area contributed by atoms with Crippen molar-refractivity contribution >= 4 is 53.1 Å². The fourth-order valence-corrected chi connectivity index (χ4v) is 7.29. The molecule has 0 aliphatic heterocycles. The first-order valence-corrected chi connectivity index (χ1v) is 14.6. The van der Waals surface area contributed by atoms with Crippen molar-refractivity contribution in [3.05, 3.63) is 121 Å². The second-order valence-corrected chi connectivity index (χ2v) is 11.6. The van der Waals surface area contributed by atoms with E-state index in [1.54, 1.807) is 22.7 Å². The first-order chi connectivity index (χ1) is 19.8. The topological polar surface area (TPSA) is 51.6 Å². The van der Waals surface area contributed by atoms with Crippen LogP contribution in [0.2, 0.25) is 0 Å². The summed E-state index contributed by atoms with van der Waals surface area (Å²) in [5, 5.41) is 3.37. The average Bonchev–Trinajstić information content (AvgIpc) is 3.61. The van der Waals surface area contributed by atoms with E-state index in [4.69, 9.17) is 19.9 Å². The van der Waals surface area contributed by atoms with Gasteiger partial charge >= 0.3 is 0 Å². The number of hydrogen-bond acceptors (Lipinski definition) is 6. The van der Waals surface area contributed by atoms with Crippen molar-refractivity contribution in [2.24, 2.45) is 0 Å². The lowest BCUT2D eigenvalue weighted by Gasteiger charge is -2.09. The Bertz CT molecular complexity index is 2090. The summed E-state index contributed by atoms with van der Waals surface area (Å²) in [5.41, 5.74) is 5.08. The minimum atomic E-state index is 0.662. The molecule has 0 fully saturated rings. The van der Waals surface area contributed by atoms with Crippen molar-refractivity contribution in [3.63, 3.8) is 0 Å². The van der Waals surface area contributed by atoms with Crippen LogP contribution in [0.3, 0.4) is 0 Å². The largest absolute Gasteiger partial charge is 0.236 e. The molecule has 0 amide bonds. The van der Waals surface area contributed by atoms with Crippen molar-refractivity contribution in [3.8, 4) is 44.7 Å². The first kappa shape index (κ1) is 23.1. The van der Waals surface area contributed by atoms with E-state index < -0.39 is 0 Å². The van der Waals surface area contributed by atoms with E-state index in [0.717, 1.165) is 38.2 Å². The summed E-state index contributed by atoms with van der Waals surface area (Å²) < 4.78 is 3.63. The summed E-state index contributed by atoms with van der Waals surface area (Å²) in [7, 11) is 0. The maximum absolute atomic E-state index is 5.01. The summed E-state index contributed by atoms with van der Waals surface area (Å²) >= 11 is 3.54. The molecule has 5 aromatic carbocycles. The van der Waals surface area contributed by atoms with Crippen molar-refractivity contribution < 1.29 is 0 Å². The molecule has 188 valence electrons. The number of benzene rings is 5. The smallest absolute Gasteiger partial charge is 0.164 e.